The van der Waals surface area contributed by atoms with Gasteiger partial charge in [0.25, 0.3) is 0 Å². The van der Waals surface area contributed by atoms with Crippen molar-refractivity contribution in [2.45, 2.75) is 154 Å². The van der Waals surface area contributed by atoms with E-state index < -0.39 is 8.07 Å². The van der Waals surface area contributed by atoms with Gasteiger partial charge in [0.2, 0.25) is 0 Å². The summed E-state index contributed by atoms with van der Waals surface area (Å²) in [5.74, 6) is 0. The van der Waals surface area contributed by atoms with Gasteiger partial charge < -0.3 is 0 Å². The van der Waals surface area contributed by atoms with Gasteiger partial charge >= 0.3 is 0 Å². The SMILES string of the molecule is C.C.C.C.C.C.C.C.C.C.CC(C)(C)C.CC(C)(C)c1ccccc1.C[Si](C)(C)C.O=O. The lowest BCUT2D eigenvalue weighted by Crippen LogP contribution is -2.10. The predicted molar refractivity (Wildman–Crippen MR) is 174 cm³/mol. The van der Waals surface area contributed by atoms with Gasteiger partial charge in [-0.25, -0.2) is 0 Å². The maximum Gasteiger partial charge on any atom is 0.0411 e. The molecular formula is C29H78O2Si. The standard InChI is InChI=1S/C10H14.C5H12.C4H12Si.10CH4.O2/c1-10(2,3)9-7-5-4-6-8-9;2*1-5(2,3)4;;;;;;;;;;;1-2/h4-8H,1-3H3;2*1-4H3;10*1H4;. The highest BCUT2D eigenvalue weighted by Crippen LogP contribution is 2.20. The molecule has 0 atom stereocenters. The molecular weight excluding hydrogens is 408 g/mol. The van der Waals surface area contributed by atoms with Gasteiger partial charge in [0.15, 0.2) is 0 Å². The Balaban J connectivity index is -0.0000000135. The fourth-order valence-corrected chi connectivity index (χ4v) is 0.938. The van der Waals surface area contributed by atoms with E-state index in [4.69, 9.17) is 9.93 Å². The molecule has 0 aliphatic heterocycles. The Morgan fingerprint density at radius 2 is 0.656 bits per heavy atom. The Kier molecular flexibility index (Phi) is 109. The summed E-state index contributed by atoms with van der Waals surface area (Å²) in [6.45, 7) is 24.7. The summed E-state index contributed by atoms with van der Waals surface area (Å²) in [7, 11) is -0.611. The first-order valence-corrected chi connectivity index (χ1v) is 11.8. The minimum Gasteiger partial charge on any atom is -0.0776 e. The van der Waals surface area contributed by atoms with Crippen molar-refractivity contribution < 1.29 is 0 Å². The van der Waals surface area contributed by atoms with Crippen LogP contribution in [0, 0.1) is 15.3 Å². The van der Waals surface area contributed by atoms with Crippen molar-refractivity contribution in [3.8, 4) is 0 Å². The van der Waals surface area contributed by atoms with E-state index in [9.17, 15) is 0 Å². The van der Waals surface area contributed by atoms with Crippen LogP contribution in [0.3, 0.4) is 0 Å². The molecule has 210 valence electrons. The van der Waals surface area contributed by atoms with Crippen LogP contribution in [0.25, 0.3) is 0 Å². The molecule has 1 aromatic carbocycles. The van der Waals surface area contributed by atoms with Crippen molar-refractivity contribution in [1.29, 1.82) is 0 Å². The minimum atomic E-state index is -0.611. The average Bonchev–Trinajstić information content (AvgIpc) is 2.27. The minimum absolute atomic E-state index is 0. The molecule has 2 nitrogen and oxygen atoms in total. The molecule has 0 heterocycles. The maximum absolute atomic E-state index is 7.00. The van der Waals surface area contributed by atoms with Crippen LogP contribution in [-0.4, -0.2) is 8.07 Å². The Hall–Kier alpha value is -0.963. The monoisotopic (exact) mass is 487 g/mol. The van der Waals surface area contributed by atoms with E-state index in [1.54, 1.807) is 0 Å². The van der Waals surface area contributed by atoms with Crippen LogP contribution in [0.15, 0.2) is 30.3 Å². The number of hydrogen-bond acceptors (Lipinski definition) is 2. The summed E-state index contributed by atoms with van der Waals surface area (Å²) in [4.78, 5) is 14.0. The van der Waals surface area contributed by atoms with E-state index in [0.29, 0.717) is 10.8 Å². The van der Waals surface area contributed by atoms with Crippen LogP contribution in [0.1, 0.15) is 128 Å². The molecule has 1 aromatic rings. The lowest BCUT2D eigenvalue weighted by atomic mass is 9.87. The third kappa shape index (κ3) is 134. The first-order chi connectivity index (χ1) is 9.61. The Morgan fingerprint density at radius 1 is 0.500 bits per heavy atom. The molecule has 0 aromatic heterocycles. The van der Waals surface area contributed by atoms with E-state index in [1.807, 2.05) is 0 Å². The molecule has 0 saturated carbocycles. The van der Waals surface area contributed by atoms with Crippen molar-refractivity contribution >= 4 is 8.07 Å². The zero-order valence-corrected chi connectivity index (χ0v) is 17.7. The van der Waals surface area contributed by atoms with E-state index in [-0.39, 0.29) is 74.3 Å². The molecule has 0 fully saturated rings. The van der Waals surface area contributed by atoms with Crippen LogP contribution >= 0.6 is 0 Å². The predicted octanol–water partition coefficient (Wildman–Crippen LogP) is 13.4. The van der Waals surface area contributed by atoms with Crippen molar-refractivity contribution in [2.24, 2.45) is 5.41 Å². The first kappa shape index (κ1) is 86.1. The summed E-state index contributed by atoms with van der Waals surface area (Å²) in [5, 5.41) is 0. The average molecular weight is 487 g/mol. The van der Waals surface area contributed by atoms with E-state index in [1.165, 1.54) is 5.56 Å². The summed E-state index contributed by atoms with van der Waals surface area (Å²) in [5.41, 5.74) is 2.19. The van der Waals surface area contributed by atoms with Crippen molar-refractivity contribution in [2.75, 3.05) is 0 Å². The van der Waals surface area contributed by atoms with E-state index in [0.717, 1.165) is 0 Å². The van der Waals surface area contributed by atoms with Gasteiger partial charge in [-0.2, -0.15) is 0 Å². The molecule has 0 N–H and O–H groups in total. The molecule has 0 bridgehead atoms. The van der Waals surface area contributed by atoms with Gasteiger partial charge in [-0.3, -0.25) is 0 Å². The lowest BCUT2D eigenvalue weighted by Gasteiger charge is -2.18. The molecule has 0 spiro atoms. The van der Waals surface area contributed by atoms with Gasteiger partial charge in [-0.05, 0) is 16.4 Å². The summed E-state index contributed by atoms with van der Waals surface area (Å²) >= 11 is 0. The second-order valence-electron chi connectivity index (χ2n) is 9.62. The normalized spacial score (nSPS) is 7.47. The second kappa shape index (κ2) is 40.4. The molecule has 0 amide bonds. The maximum atomic E-state index is 7.00. The molecule has 32 heavy (non-hydrogen) atoms. The van der Waals surface area contributed by atoms with Gasteiger partial charge in [0, 0.05) is 18.0 Å². The van der Waals surface area contributed by atoms with Crippen LogP contribution in [0.2, 0.25) is 26.2 Å². The quantitative estimate of drug-likeness (QED) is 0.341. The Labute approximate surface area is 213 Å². The van der Waals surface area contributed by atoms with Crippen molar-refractivity contribution in [3.63, 3.8) is 0 Å². The largest absolute Gasteiger partial charge is 0.0776 e. The number of benzene rings is 1. The molecule has 0 aliphatic rings. The number of hydrogen-bond donors (Lipinski definition) is 0. The third-order valence-electron chi connectivity index (χ3n) is 1.64. The van der Waals surface area contributed by atoms with Crippen LogP contribution in [0.4, 0.5) is 0 Å². The summed E-state index contributed by atoms with van der Waals surface area (Å²) in [6, 6.07) is 10.6. The van der Waals surface area contributed by atoms with Gasteiger partial charge in [-0.1, -0.05) is 179 Å². The summed E-state index contributed by atoms with van der Waals surface area (Å²) in [6.07, 6.45) is 0. The van der Waals surface area contributed by atoms with E-state index in [2.05, 4.69) is 105 Å². The Bertz CT molecular complexity index is 331. The van der Waals surface area contributed by atoms with Gasteiger partial charge in [0.05, 0.1) is 0 Å². The van der Waals surface area contributed by atoms with Gasteiger partial charge in [0.1, 0.15) is 0 Å². The van der Waals surface area contributed by atoms with Crippen molar-refractivity contribution in [3.05, 3.63) is 45.8 Å². The molecule has 0 radical (unpaired) electrons. The smallest absolute Gasteiger partial charge is 0.0411 e. The van der Waals surface area contributed by atoms with Crippen LogP contribution in [0.5, 0.6) is 0 Å². The lowest BCUT2D eigenvalue weighted by molar-refractivity contribution is 0.469. The molecule has 0 aliphatic carbocycles. The molecule has 3 heteroatoms. The first-order valence-electron chi connectivity index (χ1n) is 7.83. The molecule has 0 unspecified atom stereocenters. The molecule has 1 rings (SSSR count). The topological polar surface area (TPSA) is 34.1 Å². The highest BCUT2D eigenvalue weighted by atomic mass is 28.3. The summed E-state index contributed by atoms with van der Waals surface area (Å²) < 4.78 is 0. The zero-order valence-electron chi connectivity index (χ0n) is 16.7. The molecule has 0 saturated heterocycles. The highest BCUT2D eigenvalue weighted by molar-refractivity contribution is 6.74. The van der Waals surface area contributed by atoms with Gasteiger partial charge in [-0.15, -0.1) is 0 Å². The van der Waals surface area contributed by atoms with Crippen molar-refractivity contribution in [1.82, 2.24) is 0 Å². The van der Waals surface area contributed by atoms with Crippen LogP contribution < -0.4 is 0 Å². The fourth-order valence-electron chi connectivity index (χ4n) is 0.938. The fraction of sp³-hybridized carbons (Fsp3) is 0.793. The van der Waals surface area contributed by atoms with E-state index >= 15 is 0 Å². The third-order valence-corrected chi connectivity index (χ3v) is 1.64. The zero-order chi connectivity index (χ0) is 18.6. The highest BCUT2D eigenvalue weighted by Gasteiger charge is 2.11. The second-order valence-corrected chi connectivity index (χ2v) is 15.6. The van der Waals surface area contributed by atoms with Crippen LogP contribution in [-0.2, 0) is 5.41 Å². The number of rotatable bonds is 0. The Morgan fingerprint density at radius 3 is 0.750 bits per heavy atom.